The maximum atomic E-state index is 9.62. The minimum absolute atomic E-state index is 0.0710. The van der Waals surface area contributed by atoms with Crippen LogP contribution >= 0.6 is 0 Å². The summed E-state index contributed by atoms with van der Waals surface area (Å²) in [5.74, 6) is 1.49. The van der Waals surface area contributed by atoms with E-state index in [2.05, 4.69) is 32.3 Å². The molecule has 0 aliphatic heterocycles. The minimum atomic E-state index is 0.0710. The number of rotatable bonds is 7. The third-order valence-corrected chi connectivity index (χ3v) is 3.72. The van der Waals surface area contributed by atoms with Crippen LogP contribution in [-0.2, 0) is 12.8 Å². The summed E-state index contributed by atoms with van der Waals surface area (Å²) < 4.78 is 1.67. The summed E-state index contributed by atoms with van der Waals surface area (Å²) in [7, 11) is 0. The van der Waals surface area contributed by atoms with Crippen molar-refractivity contribution in [1.29, 1.82) is 0 Å². The van der Waals surface area contributed by atoms with Gasteiger partial charge in [-0.1, -0.05) is 13.0 Å². The van der Waals surface area contributed by atoms with Gasteiger partial charge in [-0.15, -0.1) is 0 Å². The topological polar surface area (TPSA) is 88.2 Å². The van der Waals surface area contributed by atoms with Crippen molar-refractivity contribution >= 4 is 11.6 Å². The molecule has 1 atom stereocenters. The maximum Gasteiger partial charge on any atom is 0.254 e. The van der Waals surface area contributed by atoms with Crippen molar-refractivity contribution in [2.24, 2.45) is 5.92 Å². The summed E-state index contributed by atoms with van der Waals surface area (Å²) in [5, 5.41) is 17.2. The lowest BCUT2D eigenvalue weighted by molar-refractivity contribution is 0.231. The third kappa shape index (κ3) is 3.62. The fourth-order valence-electron chi connectivity index (χ4n) is 2.43. The van der Waals surface area contributed by atoms with Gasteiger partial charge in [0.1, 0.15) is 12.1 Å². The number of fused-ring (bicyclic) bond motifs is 1. The quantitative estimate of drug-likeness (QED) is 0.684. The lowest BCUT2D eigenvalue weighted by Crippen LogP contribution is -2.22. The lowest BCUT2D eigenvalue weighted by atomic mass is 10.0. The van der Waals surface area contributed by atoms with Crippen molar-refractivity contribution in [1.82, 2.24) is 24.6 Å². The number of aryl methyl sites for hydroxylation is 1. The Morgan fingerprint density at radius 2 is 2.17 bits per heavy atom. The number of aliphatic hydroxyl groups is 1. The van der Waals surface area contributed by atoms with Crippen LogP contribution in [0, 0.1) is 5.92 Å². The molecule has 0 fully saturated rings. The van der Waals surface area contributed by atoms with E-state index in [4.69, 9.17) is 0 Å². The molecule has 1 unspecified atom stereocenters. The normalized spacial score (nSPS) is 12.4. The second kappa shape index (κ2) is 7.15. The van der Waals surface area contributed by atoms with Crippen LogP contribution in [0.3, 0.4) is 0 Å². The van der Waals surface area contributed by atoms with E-state index in [0.29, 0.717) is 12.3 Å². The molecule has 3 heterocycles. The molecule has 3 aromatic heterocycles. The van der Waals surface area contributed by atoms with Gasteiger partial charge in [-0.05, 0) is 25.0 Å². The summed E-state index contributed by atoms with van der Waals surface area (Å²) in [6, 6.07) is 7.79. The summed E-state index contributed by atoms with van der Waals surface area (Å²) in [4.78, 5) is 12.9. The molecule has 0 aliphatic rings. The Bertz CT molecular complexity index is 758. The van der Waals surface area contributed by atoms with Crippen molar-refractivity contribution in [3.63, 3.8) is 0 Å². The SMILES string of the molecule is CCc1cc(NCC(CO)Cc2ccccn2)n2ncnc2n1. The molecule has 3 aromatic rings. The number of nitrogens with zero attached hydrogens (tertiary/aromatic N) is 5. The second-order valence-corrected chi connectivity index (χ2v) is 5.41. The molecule has 7 nitrogen and oxygen atoms in total. The molecular weight excluding hydrogens is 292 g/mol. The zero-order valence-electron chi connectivity index (χ0n) is 13.1. The first-order valence-corrected chi connectivity index (χ1v) is 7.74. The van der Waals surface area contributed by atoms with Gasteiger partial charge in [0.15, 0.2) is 0 Å². The van der Waals surface area contributed by atoms with Gasteiger partial charge in [0.2, 0.25) is 0 Å². The van der Waals surface area contributed by atoms with Gasteiger partial charge in [0.25, 0.3) is 5.78 Å². The number of aliphatic hydroxyl groups excluding tert-OH is 1. The van der Waals surface area contributed by atoms with E-state index in [1.165, 1.54) is 6.33 Å². The Balaban J connectivity index is 1.72. The van der Waals surface area contributed by atoms with Crippen LogP contribution in [0.25, 0.3) is 5.78 Å². The molecular formula is C16H20N6O. The zero-order chi connectivity index (χ0) is 16.1. The van der Waals surface area contributed by atoms with E-state index >= 15 is 0 Å². The first-order chi connectivity index (χ1) is 11.3. The molecule has 0 radical (unpaired) electrons. The predicted molar refractivity (Wildman–Crippen MR) is 87.2 cm³/mol. The van der Waals surface area contributed by atoms with E-state index in [1.54, 1.807) is 10.7 Å². The van der Waals surface area contributed by atoms with Gasteiger partial charge in [0.05, 0.1) is 0 Å². The van der Waals surface area contributed by atoms with E-state index in [1.807, 2.05) is 24.3 Å². The molecule has 0 saturated carbocycles. The Kier molecular flexibility index (Phi) is 4.77. The molecule has 0 amide bonds. The number of nitrogens with one attached hydrogen (secondary N) is 1. The zero-order valence-corrected chi connectivity index (χ0v) is 13.1. The molecule has 3 rings (SSSR count). The predicted octanol–water partition coefficient (Wildman–Crippen LogP) is 1.34. The number of hydrogen-bond acceptors (Lipinski definition) is 6. The third-order valence-electron chi connectivity index (χ3n) is 3.72. The van der Waals surface area contributed by atoms with Crippen LogP contribution < -0.4 is 5.32 Å². The molecule has 7 heteroatoms. The average molecular weight is 312 g/mol. The first-order valence-electron chi connectivity index (χ1n) is 7.74. The largest absolute Gasteiger partial charge is 0.396 e. The number of pyridine rings is 1. The summed E-state index contributed by atoms with van der Waals surface area (Å²) >= 11 is 0. The van der Waals surface area contributed by atoms with Gasteiger partial charge in [-0.2, -0.15) is 14.6 Å². The molecule has 0 bridgehead atoms. The highest BCUT2D eigenvalue weighted by Gasteiger charge is 2.12. The Morgan fingerprint density at radius 3 is 2.91 bits per heavy atom. The van der Waals surface area contributed by atoms with Gasteiger partial charge in [0, 0.05) is 42.7 Å². The first kappa shape index (κ1) is 15.4. The van der Waals surface area contributed by atoms with Crippen LogP contribution in [0.4, 0.5) is 5.82 Å². The van der Waals surface area contributed by atoms with Crippen molar-refractivity contribution in [3.8, 4) is 0 Å². The molecule has 23 heavy (non-hydrogen) atoms. The average Bonchev–Trinajstić information content (AvgIpc) is 3.07. The fraction of sp³-hybridized carbons (Fsp3) is 0.375. The molecule has 0 saturated heterocycles. The minimum Gasteiger partial charge on any atom is -0.396 e. The molecule has 0 spiro atoms. The fourth-order valence-corrected chi connectivity index (χ4v) is 2.43. The van der Waals surface area contributed by atoms with Crippen molar-refractivity contribution in [2.75, 3.05) is 18.5 Å². The van der Waals surface area contributed by atoms with Crippen LogP contribution in [0.2, 0.25) is 0 Å². The van der Waals surface area contributed by atoms with Gasteiger partial charge in [-0.3, -0.25) is 4.98 Å². The Morgan fingerprint density at radius 1 is 1.26 bits per heavy atom. The monoisotopic (exact) mass is 312 g/mol. The highest BCUT2D eigenvalue weighted by atomic mass is 16.3. The second-order valence-electron chi connectivity index (χ2n) is 5.41. The summed E-state index contributed by atoms with van der Waals surface area (Å²) in [5.41, 5.74) is 1.93. The van der Waals surface area contributed by atoms with Crippen molar-refractivity contribution in [3.05, 3.63) is 48.2 Å². The molecule has 0 aliphatic carbocycles. The number of anilines is 1. The molecule has 2 N–H and O–H groups in total. The lowest BCUT2D eigenvalue weighted by Gasteiger charge is -2.16. The van der Waals surface area contributed by atoms with Gasteiger partial charge < -0.3 is 10.4 Å². The van der Waals surface area contributed by atoms with Crippen LogP contribution in [0.15, 0.2) is 36.8 Å². The van der Waals surface area contributed by atoms with E-state index in [0.717, 1.165) is 30.0 Å². The van der Waals surface area contributed by atoms with Gasteiger partial charge >= 0.3 is 0 Å². The molecule has 120 valence electrons. The Hall–Kier alpha value is -2.54. The highest BCUT2D eigenvalue weighted by Crippen LogP contribution is 2.13. The van der Waals surface area contributed by atoms with Gasteiger partial charge in [-0.25, -0.2) is 4.98 Å². The van der Waals surface area contributed by atoms with E-state index in [-0.39, 0.29) is 12.5 Å². The number of hydrogen-bond donors (Lipinski definition) is 2. The van der Waals surface area contributed by atoms with Crippen molar-refractivity contribution < 1.29 is 5.11 Å². The van der Waals surface area contributed by atoms with Crippen LogP contribution in [0.1, 0.15) is 18.3 Å². The highest BCUT2D eigenvalue weighted by molar-refractivity contribution is 5.45. The smallest absolute Gasteiger partial charge is 0.254 e. The molecule has 0 aromatic carbocycles. The van der Waals surface area contributed by atoms with E-state index < -0.39 is 0 Å². The van der Waals surface area contributed by atoms with Crippen LogP contribution in [-0.4, -0.2) is 42.8 Å². The number of aromatic nitrogens is 5. The van der Waals surface area contributed by atoms with Crippen molar-refractivity contribution in [2.45, 2.75) is 19.8 Å². The van der Waals surface area contributed by atoms with Crippen LogP contribution in [0.5, 0.6) is 0 Å². The summed E-state index contributed by atoms with van der Waals surface area (Å²) in [6.07, 6.45) is 4.81. The summed E-state index contributed by atoms with van der Waals surface area (Å²) in [6.45, 7) is 2.77. The Labute approximate surface area is 134 Å². The van der Waals surface area contributed by atoms with E-state index in [9.17, 15) is 5.11 Å². The maximum absolute atomic E-state index is 9.62. The standard InChI is InChI=1S/C16H20N6O/c1-2-13-8-15(22-16(21-13)19-11-20-22)18-9-12(10-23)7-14-5-3-4-6-17-14/h3-6,8,11-12,18,23H,2,7,9-10H2,1H3.